The van der Waals surface area contributed by atoms with E-state index >= 15 is 0 Å². The molecule has 100 valence electrons. The van der Waals surface area contributed by atoms with E-state index in [9.17, 15) is 4.79 Å². The van der Waals surface area contributed by atoms with E-state index in [0.717, 1.165) is 22.2 Å². The number of aromatic amines is 2. The number of nitrogens with zero attached hydrogens (tertiary/aromatic N) is 1. The quantitative estimate of drug-likeness (QED) is 0.491. The van der Waals surface area contributed by atoms with Crippen LogP contribution in [0.15, 0.2) is 53.9 Å². The topological polar surface area (TPSA) is 73.0 Å². The van der Waals surface area contributed by atoms with E-state index in [0.29, 0.717) is 6.42 Å². The van der Waals surface area contributed by atoms with Gasteiger partial charge in [0.15, 0.2) is 0 Å². The summed E-state index contributed by atoms with van der Waals surface area (Å²) in [5, 5.41) is 4.97. The number of carbonyl (C=O) groups excluding carboxylic acids is 1. The summed E-state index contributed by atoms with van der Waals surface area (Å²) in [6.45, 7) is 0. The third kappa shape index (κ3) is 2.61. The number of benzene rings is 1. The molecule has 0 aliphatic rings. The number of hydrazone groups is 1. The van der Waals surface area contributed by atoms with Gasteiger partial charge in [-0.2, -0.15) is 5.10 Å². The van der Waals surface area contributed by atoms with Gasteiger partial charge in [0.1, 0.15) is 0 Å². The van der Waals surface area contributed by atoms with E-state index in [1.165, 1.54) is 0 Å². The number of H-pyrrole nitrogens is 2. The Balaban J connectivity index is 1.64. The number of para-hydroxylation sites is 1. The predicted molar refractivity (Wildman–Crippen MR) is 78.5 cm³/mol. The van der Waals surface area contributed by atoms with E-state index in [4.69, 9.17) is 0 Å². The highest BCUT2D eigenvalue weighted by Crippen LogP contribution is 2.17. The summed E-state index contributed by atoms with van der Waals surface area (Å²) in [5.74, 6) is -0.141. The number of hydrogen-bond acceptors (Lipinski definition) is 2. The lowest BCUT2D eigenvalue weighted by molar-refractivity contribution is -0.120. The van der Waals surface area contributed by atoms with Crippen LogP contribution in [0.4, 0.5) is 0 Å². The number of amides is 1. The first-order valence-electron chi connectivity index (χ1n) is 6.33. The summed E-state index contributed by atoms with van der Waals surface area (Å²) in [4.78, 5) is 18.0. The Morgan fingerprint density at radius 1 is 1.20 bits per heavy atom. The molecule has 0 unspecified atom stereocenters. The molecule has 0 saturated carbocycles. The van der Waals surface area contributed by atoms with Crippen LogP contribution < -0.4 is 5.43 Å². The zero-order valence-electron chi connectivity index (χ0n) is 10.8. The standard InChI is InChI=1S/C15H14N4O/c20-15(19-18-10-12-4-3-7-16-12)8-11-9-17-14-6-2-1-5-13(11)14/h1-7,9-10,16-17H,8H2,(H,19,20)/b18-10-. The zero-order chi connectivity index (χ0) is 13.8. The van der Waals surface area contributed by atoms with Crippen molar-refractivity contribution in [2.45, 2.75) is 6.42 Å². The molecule has 0 aliphatic carbocycles. The molecule has 5 nitrogen and oxygen atoms in total. The van der Waals surface area contributed by atoms with Crippen LogP contribution in [0.1, 0.15) is 11.3 Å². The van der Waals surface area contributed by atoms with Crippen LogP contribution >= 0.6 is 0 Å². The highest BCUT2D eigenvalue weighted by atomic mass is 16.2. The lowest BCUT2D eigenvalue weighted by Crippen LogP contribution is -2.19. The van der Waals surface area contributed by atoms with Crippen molar-refractivity contribution in [1.82, 2.24) is 15.4 Å². The first-order chi connectivity index (χ1) is 9.83. The van der Waals surface area contributed by atoms with Gasteiger partial charge in [-0.15, -0.1) is 0 Å². The molecule has 1 amide bonds. The van der Waals surface area contributed by atoms with Crippen LogP contribution in [0.5, 0.6) is 0 Å². The highest BCUT2D eigenvalue weighted by Gasteiger charge is 2.07. The van der Waals surface area contributed by atoms with Gasteiger partial charge in [-0.3, -0.25) is 4.79 Å². The van der Waals surface area contributed by atoms with Crippen molar-refractivity contribution in [1.29, 1.82) is 0 Å². The second-order valence-electron chi connectivity index (χ2n) is 4.45. The number of hydrogen-bond donors (Lipinski definition) is 3. The van der Waals surface area contributed by atoms with E-state index in [2.05, 4.69) is 20.5 Å². The predicted octanol–water partition coefficient (Wildman–Crippen LogP) is 2.19. The molecule has 0 fully saturated rings. The van der Waals surface area contributed by atoms with Gasteiger partial charge < -0.3 is 9.97 Å². The minimum absolute atomic E-state index is 0.141. The Hall–Kier alpha value is -2.82. The number of rotatable bonds is 4. The number of fused-ring (bicyclic) bond motifs is 1. The van der Waals surface area contributed by atoms with Gasteiger partial charge in [-0.05, 0) is 23.8 Å². The normalized spacial score (nSPS) is 11.2. The third-order valence-corrected chi connectivity index (χ3v) is 3.04. The monoisotopic (exact) mass is 266 g/mol. The summed E-state index contributed by atoms with van der Waals surface area (Å²) < 4.78 is 0. The molecular formula is C15H14N4O. The van der Waals surface area contributed by atoms with Gasteiger partial charge in [0, 0.05) is 23.3 Å². The van der Waals surface area contributed by atoms with Crippen molar-refractivity contribution in [3.8, 4) is 0 Å². The maximum Gasteiger partial charge on any atom is 0.244 e. The summed E-state index contributed by atoms with van der Waals surface area (Å²) in [6.07, 6.45) is 5.53. The van der Waals surface area contributed by atoms with E-state index in [-0.39, 0.29) is 5.91 Å². The summed E-state index contributed by atoms with van der Waals surface area (Å²) >= 11 is 0. The van der Waals surface area contributed by atoms with Crippen LogP contribution in [0.3, 0.4) is 0 Å². The second-order valence-corrected chi connectivity index (χ2v) is 4.45. The fourth-order valence-electron chi connectivity index (χ4n) is 2.09. The molecule has 0 radical (unpaired) electrons. The van der Waals surface area contributed by atoms with Gasteiger partial charge >= 0.3 is 0 Å². The summed E-state index contributed by atoms with van der Waals surface area (Å²) in [5.41, 5.74) is 5.36. The Labute approximate surface area is 115 Å². The zero-order valence-corrected chi connectivity index (χ0v) is 10.8. The van der Waals surface area contributed by atoms with Crippen LogP contribution in [0, 0.1) is 0 Å². The number of carbonyl (C=O) groups is 1. The maximum atomic E-state index is 11.8. The molecule has 0 saturated heterocycles. The minimum Gasteiger partial charge on any atom is -0.361 e. The molecule has 1 aromatic carbocycles. The van der Waals surface area contributed by atoms with Gasteiger partial charge in [-0.1, -0.05) is 18.2 Å². The van der Waals surface area contributed by atoms with Crippen molar-refractivity contribution in [3.63, 3.8) is 0 Å². The maximum absolute atomic E-state index is 11.8. The molecule has 5 heteroatoms. The van der Waals surface area contributed by atoms with Crippen LogP contribution in [0.25, 0.3) is 10.9 Å². The Bertz CT molecular complexity index is 740. The van der Waals surface area contributed by atoms with Gasteiger partial charge in [0.25, 0.3) is 0 Å². The van der Waals surface area contributed by atoms with Crippen LogP contribution in [0.2, 0.25) is 0 Å². The van der Waals surface area contributed by atoms with Crippen molar-refractivity contribution < 1.29 is 4.79 Å². The molecule has 0 atom stereocenters. The van der Waals surface area contributed by atoms with E-state index in [1.807, 2.05) is 42.6 Å². The fraction of sp³-hybridized carbons (Fsp3) is 0.0667. The summed E-state index contributed by atoms with van der Waals surface area (Å²) in [7, 11) is 0. The minimum atomic E-state index is -0.141. The van der Waals surface area contributed by atoms with Crippen molar-refractivity contribution in [3.05, 3.63) is 60.0 Å². The molecule has 0 aliphatic heterocycles. The van der Waals surface area contributed by atoms with Crippen molar-refractivity contribution in [2.75, 3.05) is 0 Å². The average Bonchev–Trinajstić information content (AvgIpc) is 3.09. The summed E-state index contributed by atoms with van der Waals surface area (Å²) in [6, 6.07) is 11.6. The van der Waals surface area contributed by atoms with Gasteiger partial charge in [0.05, 0.1) is 18.3 Å². The number of nitrogens with one attached hydrogen (secondary N) is 3. The first-order valence-corrected chi connectivity index (χ1v) is 6.33. The molecule has 2 aromatic heterocycles. The molecular weight excluding hydrogens is 252 g/mol. The Morgan fingerprint density at radius 3 is 2.95 bits per heavy atom. The molecule has 0 spiro atoms. The van der Waals surface area contributed by atoms with Crippen molar-refractivity contribution >= 4 is 23.0 Å². The third-order valence-electron chi connectivity index (χ3n) is 3.04. The van der Waals surface area contributed by atoms with Gasteiger partial charge in [0.2, 0.25) is 5.91 Å². The second kappa shape index (κ2) is 5.44. The first kappa shape index (κ1) is 12.2. The van der Waals surface area contributed by atoms with Crippen LogP contribution in [-0.2, 0) is 11.2 Å². The Morgan fingerprint density at radius 2 is 2.10 bits per heavy atom. The molecule has 2 heterocycles. The molecule has 3 rings (SSSR count). The lowest BCUT2D eigenvalue weighted by Gasteiger charge is -1.98. The van der Waals surface area contributed by atoms with E-state index < -0.39 is 0 Å². The molecule has 3 aromatic rings. The number of aromatic nitrogens is 2. The average molecular weight is 266 g/mol. The Kier molecular flexibility index (Phi) is 3.33. The fourth-order valence-corrected chi connectivity index (χ4v) is 2.09. The molecule has 0 bridgehead atoms. The van der Waals surface area contributed by atoms with Crippen molar-refractivity contribution in [2.24, 2.45) is 5.10 Å². The lowest BCUT2D eigenvalue weighted by atomic mass is 10.1. The molecule has 20 heavy (non-hydrogen) atoms. The highest BCUT2D eigenvalue weighted by molar-refractivity contribution is 5.89. The van der Waals surface area contributed by atoms with E-state index in [1.54, 1.807) is 12.4 Å². The largest absolute Gasteiger partial charge is 0.361 e. The SMILES string of the molecule is O=C(Cc1c[nH]c2ccccc12)N/N=C\c1ccc[nH]1. The molecule has 3 N–H and O–H groups in total. The smallest absolute Gasteiger partial charge is 0.244 e. The van der Waals surface area contributed by atoms with Crippen LogP contribution in [-0.4, -0.2) is 22.1 Å². The van der Waals surface area contributed by atoms with Gasteiger partial charge in [-0.25, -0.2) is 5.43 Å².